The fourth-order valence-electron chi connectivity index (χ4n) is 3.61. The topological polar surface area (TPSA) is 41.6 Å². The molecule has 138 valence electrons. The molecule has 0 spiro atoms. The van der Waals surface area contributed by atoms with Gasteiger partial charge >= 0.3 is 0 Å². The molecule has 5 heteroatoms. The van der Waals surface area contributed by atoms with Gasteiger partial charge in [-0.2, -0.15) is 0 Å². The van der Waals surface area contributed by atoms with E-state index in [1.54, 1.807) is 25.3 Å². The van der Waals surface area contributed by atoms with E-state index in [2.05, 4.69) is 41.4 Å². The number of carbonyl (C=O) groups excluding carboxylic acids is 1. The Kier molecular flexibility index (Phi) is 6.17. The first-order valence-corrected chi connectivity index (χ1v) is 9.36. The predicted molar refractivity (Wildman–Crippen MR) is 105 cm³/mol. The summed E-state index contributed by atoms with van der Waals surface area (Å²) in [6, 6.07) is 13.7. The number of nitrogens with zero attached hydrogens (tertiary/aromatic N) is 1. The molecule has 0 saturated carbocycles. The molecule has 0 aromatic heterocycles. The van der Waals surface area contributed by atoms with Crippen molar-refractivity contribution < 1.29 is 9.53 Å². The van der Waals surface area contributed by atoms with Crippen LogP contribution in [0.3, 0.4) is 0 Å². The third-order valence-corrected chi connectivity index (χ3v) is 5.26. The van der Waals surface area contributed by atoms with Crippen LogP contribution in [0.5, 0.6) is 5.75 Å². The molecule has 0 aliphatic carbocycles. The standard InChI is InChI=1S/C21H25ClN2O2/c1-15-5-3-4-6-18(15)16-9-11-24(14-16)12-10-23-21(25)19-13-17(22)7-8-20(19)26-2/h3-8,13,16H,9-12,14H2,1-2H3,(H,23,25)/t16-/m1/s1. The van der Waals surface area contributed by atoms with Crippen LogP contribution >= 0.6 is 11.6 Å². The summed E-state index contributed by atoms with van der Waals surface area (Å²) in [6.45, 7) is 5.74. The Hall–Kier alpha value is -2.04. The molecule has 0 bridgehead atoms. The van der Waals surface area contributed by atoms with Crippen LogP contribution in [0.25, 0.3) is 0 Å². The molecule has 1 fully saturated rings. The van der Waals surface area contributed by atoms with E-state index in [4.69, 9.17) is 16.3 Å². The van der Waals surface area contributed by atoms with Crippen LogP contribution in [-0.4, -0.2) is 44.1 Å². The average Bonchev–Trinajstić information content (AvgIpc) is 3.10. The number of methoxy groups -OCH3 is 1. The van der Waals surface area contributed by atoms with Gasteiger partial charge in [-0.25, -0.2) is 0 Å². The first-order valence-electron chi connectivity index (χ1n) is 8.98. The molecule has 1 aliphatic rings. The second-order valence-electron chi connectivity index (χ2n) is 6.74. The Morgan fingerprint density at radius 1 is 1.31 bits per heavy atom. The molecule has 2 aromatic rings. The lowest BCUT2D eigenvalue weighted by Gasteiger charge is -2.18. The largest absolute Gasteiger partial charge is 0.496 e. The average molecular weight is 373 g/mol. The van der Waals surface area contributed by atoms with Gasteiger partial charge in [0.2, 0.25) is 0 Å². The zero-order valence-corrected chi connectivity index (χ0v) is 16.1. The van der Waals surface area contributed by atoms with Crippen molar-refractivity contribution in [3.8, 4) is 5.75 Å². The van der Waals surface area contributed by atoms with Crippen LogP contribution in [0, 0.1) is 6.92 Å². The second kappa shape index (κ2) is 8.56. The zero-order chi connectivity index (χ0) is 18.5. The number of aryl methyl sites for hydroxylation is 1. The Balaban J connectivity index is 1.51. The van der Waals surface area contributed by atoms with Gasteiger partial charge in [-0.1, -0.05) is 35.9 Å². The van der Waals surface area contributed by atoms with Crippen molar-refractivity contribution in [1.29, 1.82) is 0 Å². The molecule has 26 heavy (non-hydrogen) atoms. The molecule has 4 nitrogen and oxygen atoms in total. The van der Waals surface area contributed by atoms with Crippen LogP contribution in [-0.2, 0) is 0 Å². The number of benzene rings is 2. The minimum Gasteiger partial charge on any atom is -0.496 e. The van der Waals surface area contributed by atoms with Gasteiger partial charge in [0, 0.05) is 24.7 Å². The minimum atomic E-state index is -0.154. The minimum absolute atomic E-state index is 0.154. The number of rotatable bonds is 6. The Morgan fingerprint density at radius 2 is 2.12 bits per heavy atom. The molecule has 0 unspecified atom stereocenters. The molecule has 1 N–H and O–H groups in total. The van der Waals surface area contributed by atoms with E-state index in [9.17, 15) is 4.79 Å². The zero-order valence-electron chi connectivity index (χ0n) is 15.3. The van der Waals surface area contributed by atoms with Crippen molar-refractivity contribution in [3.63, 3.8) is 0 Å². The Labute approximate surface area is 160 Å². The van der Waals surface area contributed by atoms with Crippen molar-refractivity contribution in [2.24, 2.45) is 0 Å². The van der Waals surface area contributed by atoms with Gasteiger partial charge in [0.1, 0.15) is 5.75 Å². The van der Waals surface area contributed by atoms with Crippen LogP contribution in [0.4, 0.5) is 0 Å². The van der Waals surface area contributed by atoms with E-state index in [1.165, 1.54) is 17.5 Å². The maximum absolute atomic E-state index is 12.4. The maximum atomic E-state index is 12.4. The van der Waals surface area contributed by atoms with Crippen LogP contribution < -0.4 is 10.1 Å². The number of nitrogens with one attached hydrogen (secondary N) is 1. The van der Waals surface area contributed by atoms with Crippen molar-refractivity contribution >= 4 is 17.5 Å². The van der Waals surface area contributed by atoms with Gasteiger partial charge in [-0.3, -0.25) is 4.79 Å². The number of hydrogen-bond donors (Lipinski definition) is 1. The van der Waals surface area contributed by atoms with Crippen molar-refractivity contribution in [2.75, 3.05) is 33.3 Å². The van der Waals surface area contributed by atoms with Crippen LogP contribution in [0.1, 0.15) is 33.8 Å². The second-order valence-corrected chi connectivity index (χ2v) is 7.18. The van der Waals surface area contributed by atoms with E-state index in [1.807, 2.05) is 0 Å². The molecule has 1 saturated heterocycles. The molecular weight excluding hydrogens is 348 g/mol. The molecule has 1 heterocycles. The van der Waals surface area contributed by atoms with Gasteiger partial charge in [-0.05, 0) is 55.1 Å². The summed E-state index contributed by atoms with van der Waals surface area (Å²) in [5.41, 5.74) is 3.28. The molecule has 1 aliphatic heterocycles. The van der Waals surface area contributed by atoms with Crippen molar-refractivity contribution in [1.82, 2.24) is 10.2 Å². The van der Waals surface area contributed by atoms with Gasteiger partial charge < -0.3 is 15.0 Å². The summed E-state index contributed by atoms with van der Waals surface area (Å²) < 4.78 is 5.25. The van der Waals surface area contributed by atoms with Gasteiger partial charge in [0.15, 0.2) is 0 Å². The highest BCUT2D eigenvalue weighted by atomic mass is 35.5. The van der Waals surface area contributed by atoms with E-state index >= 15 is 0 Å². The lowest BCUT2D eigenvalue weighted by Crippen LogP contribution is -2.34. The monoisotopic (exact) mass is 372 g/mol. The first kappa shape index (κ1) is 18.7. The molecule has 0 radical (unpaired) electrons. The highest BCUT2D eigenvalue weighted by molar-refractivity contribution is 6.31. The van der Waals surface area contributed by atoms with E-state index in [0.29, 0.717) is 28.8 Å². The Morgan fingerprint density at radius 3 is 2.88 bits per heavy atom. The number of carbonyl (C=O) groups is 1. The lowest BCUT2D eigenvalue weighted by molar-refractivity contribution is 0.0946. The van der Waals surface area contributed by atoms with Gasteiger partial charge in [0.05, 0.1) is 12.7 Å². The van der Waals surface area contributed by atoms with Crippen molar-refractivity contribution in [2.45, 2.75) is 19.3 Å². The summed E-state index contributed by atoms with van der Waals surface area (Å²) in [7, 11) is 1.55. The summed E-state index contributed by atoms with van der Waals surface area (Å²) in [5, 5.41) is 3.50. The third kappa shape index (κ3) is 4.37. The number of likely N-dealkylation sites (tertiary alicyclic amines) is 1. The SMILES string of the molecule is COc1ccc(Cl)cc1C(=O)NCCN1CC[C@@H](c2ccccc2C)C1. The normalized spacial score (nSPS) is 17.3. The first-order chi connectivity index (χ1) is 12.6. The lowest BCUT2D eigenvalue weighted by atomic mass is 9.94. The number of amides is 1. The number of ether oxygens (including phenoxy) is 1. The quantitative estimate of drug-likeness (QED) is 0.836. The van der Waals surface area contributed by atoms with Gasteiger partial charge in [-0.15, -0.1) is 0 Å². The summed E-state index contributed by atoms with van der Waals surface area (Å²) in [4.78, 5) is 14.8. The van der Waals surface area contributed by atoms with Crippen molar-refractivity contribution in [3.05, 3.63) is 64.2 Å². The summed E-state index contributed by atoms with van der Waals surface area (Å²) >= 11 is 6.00. The predicted octanol–water partition coefficient (Wildman–Crippen LogP) is 3.88. The van der Waals surface area contributed by atoms with Crippen LogP contribution in [0.15, 0.2) is 42.5 Å². The van der Waals surface area contributed by atoms with E-state index in [-0.39, 0.29) is 5.91 Å². The van der Waals surface area contributed by atoms with Gasteiger partial charge in [0.25, 0.3) is 5.91 Å². The molecule has 1 atom stereocenters. The molecule has 2 aromatic carbocycles. The smallest absolute Gasteiger partial charge is 0.255 e. The third-order valence-electron chi connectivity index (χ3n) is 5.02. The number of hydrogen-bond acceptors (Lipinski definition) is 3. The maximum Gasteiger partial charge on any atom is 0.255 e. The summed E-state index contributed by atoms with van der Waals surface area (Å²) in [5.74, 6) is 0.964. The highest BCUT2D eigenvalue weighted by Gasteiger charge is 2.24. The number of halogens is 1. The molecule has 3 rings (SSSR count). The fourth-order valence-corrected chi connectivity index (χ4v) is 3.79. The highest BCUT2D eigenvalue weighted by Crippen LogP contribution is 2.29. The summed E-state index contributed by atoms with van der Waals surface area (Å²) in [6.07, 6.45) is 1.17. The van der Waals surface area contributed by atoms with E-state index in [0.717, 1.165) is 19.6 Å². The van der Waals surface area contributed by atoms with E-state index < -0.39 is 0 Å². The van der Waals surface area contributed by atoms with Crippen LogP contribution in [0.2, 0.25) is 5.02 Å². The molecular formula is C21H25ClN2O2. The molecule has 1 amide bonds. The Bertz CT molecular complexity index is 778. The fraction of sp³-hybridized carbons (Fsp3) is 0.381.